The number of rotatable bonds is 4. The van der Waals surface area contributed by atoms with E-state index in [-0.39, 0.29) is 0 Å². The molecule has 0 unspecified atom stereocenters. The summed E-state index contributed by atoms with van der Waals surface area (Å²) in [5.41, 5.74) is 7.78. The van der Waals surface area contributed by atoms with E-state index in [9.17, 15) is 0 Å². The Hall–Kier alpha value is -2.01. The van der Waals surface area contributed by atoms with Gasteiger partial charge in [0.2, 0.25) is 0 Å². The fourth-order valence-electron chi connectivity index (χ4n) is 2.15. The van der Waals surface area contributed by atoms with Crippen LogP contribution < -0.4 is 5.73 Å². The number of nitrogen functional groups attached to an aromatic ring is 1. The van der Waals surface area contributed by atoms with Crippen molar-refractivity contribution in [3.05, 3.63) is 58.7 Å². The highest BCUT2D eigenvalue weighted by Gasteiger charge is 2.18. The second kappa shape index (κ2) is 5.54. The number of anilines is 1. The van der Waals surface area contributed by atoms with E-state index in [2.05, 4.69) is 21.1 Å². The third-order valence-electron chi connectivity index (χ3n) is 3.11. The molecule has 20 heavy (non-hydrogen) atoms. The van der Waals surface area contributed by atoms with E-state index in [1.165, 1.54) is 0 Å². The van der Waals surface area contributed by atoms with Gasteiger partial charge in [0.1, 0.15) is 11.5 Å². The molecular weight excluding hydrogens is 320 g/mol. The Balaban J connectivity index is 1.92. The lowest BCUT2D eigenvalue weighted by Gasteiger charge is -2.04. The van der Waals surface area contributed by atoms with Gasteiger partial charge in [0, 0.05) is 22.9 Å². The van der Waals surface area contributed by atoms with Gasteiger partial charge in [0.15, 0.2) is 5.82 Å². The first-order chi connectivity index (χ1) is 9.75. The second-order valence-electron chi connectivity index (χ2n) is 4.43. The number of nitrogens with zero attached hydrogens (tertiary/aromatic N) is 1. The van der Waals surface area contributed by atoms with Crippen molar-refractivity contribution >= 4 is 21.7 Å². The molecular formula is C15H13BrN2O2. The van der Waals surface area contributed by atoms with Gasteiger partial charge >= 0.3 is 0 Å². The van der Waals surface area contributed by atoms with Gasteiger partial charge in [-0.2, -0.15) is 0 Å². The molecule has 2 aromatic heterocycles. The molecule has 0 spiro atoms. The van der Waals surface area contributed by atoms with Crippen LogP contribution in [0.2, 0.25) is 0 Å². The average molecular weight is 333 g/mol. The van der Waals surface area contributed by atoms with E-state index < -0.39 is 0 Å². The minimum atomic E-state index is 0.409. The normalized spacial score (nSPS) is 10.8. The zero-order chi connectivity index (χ0) is 13.9. The fraction of sp³-hybridized carbons (Fsp3) is 0.133. The van der Waals surface area contributed by atoms with Crippen LogP contribution in [-0.2, 0) is 12.8 Å². The Bertz CT molecular complexity index is 704. The van der Waals surface area contributed by atoms with Crippen LogP contribution in [-0.4, -0.2) is 5.16 Å². The summed E-state index contributed by atoms with van der Waals surface area (Å²) in [7, 11) is 0. The number of halogens is 1. The van der Waals surface area contributed by atoms with Crippen molar-refractivity contribution in [1.82, 2.24) is 5.16 Å². The molecule has 5 heteroatoms. The first-order valence-corrected chi connectivity index (χ1v) is 7.06. The van der Waals surface area contributed by atoms with Crippen molar-refractivity contribution < 1.29 is 8.94 Å². The first-order valence-electron chi connectivity index (χ1n) is 6.27. The number of hydrogen-bond donors (Lipinski definition) is 1. The molecule has 2 heterocycles. The van der Waals surface area contributed by atoms with Crippen LogP contribution in [0.1, 0.15) is 11.5 Å². The number of hydrogen-bond acceptors (Lipinski definition) is 4. The van der Waals surface area contributed by atoms with Crippen LogP contribution in [0.3, 0.4) is 0 Å². The lowest BCUT2D eigenvalue weighted by molar-refractivity contribution is 0.382. The SMILES string of the molecule is Nc1noc(CCc2ccco2)c1-c1ccccc1Br. The van der Waals surface area contributed by atoms with Crippen LogP contribution in [0.25, 0.3) is 11.1 Å². The molecule has 102 valence electrons. The summed E-state index contributed by atoms with van der Waals surface area (Å²) in [5.74, 6) is 2.09. The van der Waals surface area contributed by atoms with Gasteiger partial charge in [-0.05, 0) is 18.2 Å². The molecule has 0 saturated heterocycles. The third-order valence-corrected chi connectivity index (χ3v) is 3.80. The van der Waals surface area contributed by atoms with Crippen molar-refractivity contribution in [2.75, 3.05) is 5.73 Å². The van der Waals surface area contributed by atoms with E-state index in [0.717, 1.165) is 33.5 Å². The van der Waals surface area contributed by atoms with E-state index in [4.69, 9.17) is 14.7 Å². The highest BCUT2D eigenvalue weighted by molar-refractivity contribution is 9.10. The lowest BCUT2D eigenvalue weighted by atomic mass is 10.0. The molecule has 4 nitrogen and oxygen atoms in total. The molecule has 0 atom stereocenters. The summed E-state index contributed by atoms with van der Waals surface area (Å²) in [5, 5.41) is 3.89. The smallest absolute Gasteiger partial charge is 0.175 e. The monoisotopic (exact) mass is 332 g/mol. The number of benzene rings is 1. The number of furan rings is 1. The number of aromatic nitrogens is 1. The molecule has 0 bridgehead atoms. The summed E-state index contributed by atoms with van der Waals surface area (Å²) in [6.07, 6.45) is 3.10. The Morgan fingerprint density at radius 1 is 1.10 bits per heavy atom. The Labute approximate surface area is 124 Å². The highest BCUT2D eigenvalue weighted by Crippen LogP contribution is 2.35. The van der Waals surface area contributed by atoms with Gasteiger partial charge in [-0.1, -0.05) is 39.3 Å². The largest absolute Gasteiger partial charge is 0.469 e. The third kappa shape index (κ3) is 2.49. The molecule has 0 amide bonds. The van der Waals surface area contributed by atoms with Gasteiger partial charge < -0.3 is 14.7 Å². The maximum absolute atomic E-state index is 5.94. The van der Waals surface area contributed by atoms with Gasteiger partial charge in [-0.15, -0.1) is 0 Å². The molecule has 3 rings (SSSR count). The molecule has 0 saturated carbocycles. The molecule has 0 aliphatic rings. The van der Waals surface area contributed by atoms with Crippen LogP contribution in [0, 0.1) is 0 Å². The van der Waals surface area contributed by atoms with Gasteiger partial charge in [-0.3, -0.25) is 0 Å². The van der Waals surface area contributed by atoms with Crippen LogP contribution in [0.15, 0.2) is 56.1 Å². The van der Waals surface area contributed by atoms with Gasteiger partial charge in [-0.25, -0.2) is 0 Å². The zero-order valence-corrected chi connectivity index (χ0v) is 12.3. The van der Waals surface area contributed by atoms with Crippen molar-refractivity contribution in [2.45, 2.75) is 12.8 Å². The van der Waals surface area contributed by atoms with E-state index in [1.54, 1.807) is 6.26 Å². The Kier molecular flexibility index (Phi) is 3.60. The Morgan fingerprint density at radius 2 is 1.95 bits per heavy atom. The molecule has 1 aromatic carbocycles. The minimum Gasteiger partial charge on any atom is -0.469 e. The molecule has 3 aromatic rings. The highest BCUT2D eigenvalue weighted by atomic mass is 79.9. The summed E-state index contributed by atoms with van der Waals surface area (Å²) in [6, 6.07) is 11.7. The van der Waals surface area contributed by atoms with Crippen molar-refractivity contribution in [1.29, 1.82) is 0 Å². The zero-order valence-electron chi connectivity index (χ0n) is 10.7. The lowest BCUT2D eigenvalue weighted by Crippen LogP contribution is -1.93. The van der Waals surface area contributed by atoms with Crippen molar-refractivity contribution in [2.24, 2.45) is 0 Å². The van der Waals surface area contributed by atoms with Crippen LogP contribution in [0.5, 0.6) is 0 Å². The minimum absolute atomic E-state index is 0.409. The maximum atomic E-state index is 5.94. The molecule has 0 fully saturated rings. The predicted molar refractivity (Wildman–Crippen MR) is 80.2 cm³/mol. The molecule has 0 radical (unpaired) electrons. The second-order valence-corrected chi connectivity index (χ2v) is 5.28. The first kappa shape index (κ1) is 13.0. The summed E-state index contributed by atoms with van der Waals surface area (Å²) < 4.78 is 11.7. The summed E-state index contributed by atoms with van der Waals surface area (Å²) >= 11 is 3.53. The van der Waals surface area contributed by atoms with Crippen molar-refractivity contribution in [3.63, 3.8) is 0 Å². The maximum Gasteiger partial charge on any atom is 0.175 e. The van der Waals surface area contributed by atoms with Gasteiger partial charge in [0.05, 0.1) is 11.8 Å². The summed E-state index contributed by atoms with van der Waals surface area (Å²) in [6.45, 7) is 0. The van der Waals surface area contributed by atoms with Crippen LogP contribution >= 0.6 is 15.9 Å². The van der Waals surface area contributed by atoms with E-state index in [0.29, 0.717) is 12.2 Å². The molecule has 0 aliphatic carbocycles. The predicted octanol–water partition coefficient (Wildman–Crippen LogP) is 4.06. The average Bonchev–Trinajstić information content (AvgIpc) is 3.07. The quantitative estimate of drug-likeness (QED) is 0.782. The topological polar surface area (TPSA) is 65.2 Å². The molecule has 0 aliphatic heterocycles. The van der Waals surface area contributed by atoms with Gasteiger partial charge in [0.25, 0.3) is 0 Å². The van der Waals surface area contributed by atoms with Crippen LogP contribution in [0.4, 0.5) is 5.82 Å². The van der Waals surface area contributed by atoms with E-state index in [1.807, 2.05) is 36.4 Å². The van der Waals surface area contributed by atoms with Crippen molar-refractivity contribution in [3.8, 4) is 11.1 Å². The fourth-order valence-corrected chi connectivity index (χ4v) is 2.64. The standard InChI is InChI=1S/C15H13BrN2O2/c16-12-6-2-1-5-11(12)14-13(20-18-15(14)17)8-7-10-4-3-9-19-10/h1-6,9H,7-8H2,(H2,17,18). The Morgan fingerprint density at radius 3 is 2.70 bits per heavy atom. The molecule has 2 N–H and O–H groups in total. The number of aryl methyl sites for hydroxylation is 2. The number of nitrogens with two attached hydrogens (primary N) is 1. The van der Waals surface area contributed by atoms with E-state index >= 15 is 0 Å². The summed E-state index contributed by atoms with van der Waals surface area (Å²) in [4.78, 5) is 0.